The molecule has 0 aromatic heterocycles. The molecule has 7 heteroatoms. The predicted octanol–water partition coefficient (Wildman–Crippen LogP) is 3.57. The van der Waals surface area contributed by atoms with E-state index in [0.29, 0.717) is 5.56 Å². The highest BCUT2D eigenvalue weighted by Gasteiger charge is 2.34. The van der Waals surface area contributed by atoms with Crippen LogP contribution in [0, 0.1) is 10.1 Å². The van der Waals surface area contributed by atoms with Gasteiger partial charge in [-0.2, -0.15) is 0 Å². The maximum Gasteiger partial charge on any atom is 0.313 e. The molecule has 6 nitrogen and oxygen atoms in total. The summed E-state index contributed by atoms with van der Waals surface area (Å²) in [6.45, 7) is 0. The van der Waals surface area contributed by atoms with Gasteiger partial charge in [-0.05, 0) is 18.2 Å². The van der Waals surface area contributed by atoms with E-state index >= 15 is 0 Å². The molecule has 0 amide bonds. The SMILES string of the molecule is O=C1/C(=C/c2ccccc2O)Oc2c1cc(Cl)cc2[N+](=O)[O-]. The van der Waals surface area contributed by atoms with Crippen LogP contribution in [0.2, 0.25) is 5.02 Å². The third-order valence-electron chi connectivity index (χ3n) is 3.13. The van der Waals surface area contributed by atoms with Crippen LogP contribution in [-0.4, -0.2) is 15.8 Å². The summed E-state index contributed by atoms with van der Waals surface area (Å²) in [6.07, 6.45) is 1.33. The molecule has 0 fully saturated rings. The van der Waals surface area contributed by atoms with Gasteiger partial charge in [0.2, 0.25) is 11.5 Å². The molecule has 0 bridgehead atoms. The Balaban J connectivity index is 2.10. The van der Waals surface area contributed by atoms with Gasteiger partial charge in [0.15, 0.2) is 5.76 Å². The van der Waals surface area contributed by atoms with Crippen molar-refractivity contribution in [3.8, 4) is 11.5 Å². The fraction of sp³-hybridized carbons (Fsp3) is 0. The van der Waals surface area contributed by atoms with E-state index in [-0.39, 0.29) is 33.5 Å². The van der Waals surface area contributed by atoms with Crippen LogP contribution in [0.4, 0.5) is 5.69 Å². The minimum Gasteiger partial charge on any atom is -0.507 e. The molecule has 0 radical (unpaired) electrons. The van der Waals surface area contributed by atoms with Crippen LogP contribution in [0.25, 0.3) is 6.08 Å². The molecule has 0 unspecified atom stereocenters. The number of nitro groups is 1. The second-order valence-corrected chi connectivity index (χ2v) is 4.99. The molecule has 0 saturated heterocycles. The number of carbonyl (C=O) groups excluding carboxylic acids is 1. The molecular weight excluding hydrogens is 310 g/mol. The van der Waals surface area contributed by atoms with Crippen molar-refractivity contribution in [1.82, 2.24) is 0 Å². The van der Waals surface area contributed by atoms with Crippen LogP contribution < -0.4 is 4.74 Å². The highest BCUT2D eigenvalue weighted by atomic mass is 35.5. The number of nitro benzene ring substituents is 1. The minimum atomic E-state index is -0.666. The van der Waals surface area contributed by atoms with Crippen LogP contribution in [0.3, 0.4) is 0 Å². The molecule has 22 heavy (non-hydrogen) atoms. The topological polar surface area (TPSA) is 89.7 Å². The number of ether oxygens (including phenoxy) is 1. The van der Waals surface area contributed by atoms with Gasteiger partial charge >= 0.3 is 5.69 Å². The number of para-hydroxylation sites is 1. The number of benzene rings is 2. The van der Waals surface area contributed by atoms with E-state index in [1.165, 1.54) is 18.2 Å². The number of fused-ring (bicyclic) bond motifs is 1. The largest absolute Gasteiger partial charge is 0.507 e. The van der Waals surface area contributed by atoms with Crippen molar-refractivity contribution in [2.75, 3.05) is 0 Å². The Bertz CT molecular complexity index is 844. The van der Waals surface area contributed by atoms with Gasteiger partial charge in [0, 0.05) is 16.7 Å². The summed E-state index contributed by atoms with van der Waals surface area (Å²) < 4.78 is 5.33. The normalized spacial score (nSPS) is 14.8. The summed E-state index contributed by atoms with van der Waals surface area (Å²) in [5.41, 5.74) is 0.0183. The van der Waals surface area contributed by atoms with E-state index in [1.807, 2.05) is 0 Å². The molecule has 2 aromatic rings. The van der Waals surface area contributed by atoms with E-state index in [0.717, 1.165) is 6.07 Å². The zero-order valence-corrected chi connectivity index (χ0v) is 11.7. The molecule has 110 valence electrons. The first-order chi connectivity index (χ1) is 10.5. The number of carbonyl (C=O) groups is 1. The van der Waals surface area contributed by atoms with Crippen LogP contribution in [0.5, 0.6) is 11.5 Å². The summed E-state index contributed by atoms with van der Waals surface area (Å²) in [4.78, 5) is 22.7. The first-order valence-corrected chi connectivity index (χ1v) is 6.55. The smallest absolute Gasteiger partial charge is 0.313 e. The van der Waals surface area contributed by atoms with E-state index in [1.54, 1.807) is 18.2 Å². The molecule has 1 N–H and O–H groups in total. The number of halogens is 1. The van der Waals surface area contributed by atoms with Gasteiger partial charge in [-0.25, -0.2) is 0 Å². The van der Waals surface area contributed by atoms with E-state index in [4.69, 9.17) is 16.3 Å². The molecule has 1 aliphatic rings. The minimum absolute atomic E-state index is 0.0286. The lowest BCUT2D eigenvalue weighted by Crippen LogP contribution is -1.98. The quantitative estimate of drug-likeness (QED) is 0.519. The van der Waals surface area contributed by atoms with Crippen molar-refractivity contribution in [3.05, 3.63) is 68.4 Å². The van der Waals surface area contributed by atoms with Crippen molar-refractivity contribution in [2.24, 2.45) is 0 Å². The van der Waals surface area contributed by atoms with E-state index < -0.39 is 10.7 Å². The molecule has 1 heterocycles. The molecule has 0 aliphatic carbocycles. The number of phenols is 1. The second kappa shape index (κ2) is 5.16. The van der Waals surface area contributed by atoms with Gasteiger partial charge in [-0.1, -0.05) is 29.8 Å². The Kier molecular flexibility index (Phi) is 3.30. The standard InChI is InChI=1S/C15H8ClNO5/c16-9-6-10-14(19)13(5-8-3-1-2-4-12(8)18)22-15(10)11(7-9)17(20)21/h1-7,18H/b13-5-. The molecule has 3 rings (SSSR count). The number of phenolic OH excluding ortho intramolecular Hbond substituents is 1. The van der Waals surface area contributed by atoms with Crippen molar-refractivity contribution >= 4 is 29.1 Å². The fourth-order valence-electron chi connectivity index (χ4n) is 2.13. The van der Waals surface area contributed by atoms with Crippen molar-refractivity contribution in [2.45, 2.75) is 0 Å². The highest BCUT2D eigenvalue weighted by Crippen LogP contribution is 2.41. The predicted molar refractivity (Wildman–Crippen MR) is 79.1 cm³/mol. The van der Waals surface area contributed by atoms with Gasteiger partial charge in [-0.3, -0.25) is 14.9 Å². The average Bonchev–Trinajstić information content (AvgIpc) is 2.77. The Morgan fingerprint density at radius 3 is 2.68 bits per heavy atom. The summed E-state index contributed by atoms with van der Waals surface area (Å²) in [5.74, 6) is -0.804. The molecule has 0 spiro atoms. The van der Waals surface area contributed by atoms with E-state index in [2.05, 4.69) is 0 Å². The third-order valence-corrected chi connectivity index (χ3v) is 3.35. The van der Waals surface area contributed by atoms with Gasteiger partial charge in [0.25, 0.3) is 0 Å². The summed E-state index contributed by atoms with van der Waals surface area (Å²) >= 11 is 5.80. The van der Waals surface area contributed by atoms with Crippen molar-refractivity contribution in [3.63, 3.8) is 0 Å². The maximum atomic E-state index is 12.3. The maximum absolute atomic E-state index is 12.3. The third kappa shape index (κ3) is 2.29. The summed E-state index contributed by atoms with van der Waals surface area (Å²) in [7, 11) is 0. The first-order valence-electron chi connectivity index (χ1n) is 6.17. The Hall–Kier alpha value is -2.86. The number of aromatic hydroxyl groups is 1. The zero-order valence-electron chi connectivity index (χ0n) is 10.9. The molecule has 1 aliphatic heterocycles. The molecule has 0 atom stereocenters. The van der Waals surface area contributed by atoms with Gasteiger partial charge < -0.3 is 9.84 Å². The van der Waals surface area contributed by atoms with Crippen LogP contribution in [0.15, 0.2) is 42.2 Å². The monoisotopic (exact) mass is 317 g/mol. The van der Waals surface area contributed by atoms with Crippen LogP contribution in [0.1, 0.15) is 15.9 Å². The Labute approximate surface area is 129 Å². The number of nitrogens with zero attached hydrogens (tertiary/aromatic N) is 1. The highest BCUT2D eigenvalue weighted by molar-refractivity contribution is 6.32. The lowest BCUT2D eigenvalue weighted by atomic mass is 10.1. The van der Waals surface area contributed by atoms with Crippen LogP contribution >= 0.6 is 11.6 Å². The van der Waals surface area contributed by atoms with Gasteiger partial charge in [0.05, 0.1) is 10.5 Å². The second-order valence-electron chi connectivity index (χ2n) is 4.56. The summed E-state index contributed by atoms with van der Waals surface area (Å²) in [5, 5.41) is 20.8. The van der Waals surface area contributed by atoms with Crippen LogP contribution in [-0.2, 0) is 0 Å². The molecule has 2 aromatic carbocycles. The lowest BCUT2D eigenvalue weighted by molar-refractivity contribution is -0.385. The van der Waals surface area contributed by atoms with Gasteiger partial charge in [0.1, 0.15) is 5.75 Å². The van der Waals surface area contributed by atoms with Crippen molar-refractivity contribution < 1.29 is 19.6 Å². The molecule has 0 saturated carbocycles. The number of Topliss-reactive ketones (excluding diaryl/α,β-unsaturated/α-hetero) is 1. The number of rotatable bonds is 2. The lowest BCUT2D eigenvalue weighted by Gasteiger charge is -2.01. The Morgan fingerprint density at radius 1 is 1.27 bits per heavy atom. The Morgan fingerprint density at radius 2 is 2.00 bits per heavy atom. The summed E-state index contributed by atoms with van der Waals surface area (Å²) in [6, 6.07) is 8.79. The number of ketones is 1. The van der Waals surface area contributed by atoms with Crippen molar-refractivity contribution in [1.29, 1.82) is 0 Å². The fourth-order valence-corrected chi connectivity index (χ4v) is 2.34. The average molecular weight is 318 g/mol. The van der Waals surface area contributed by atoms with E-state index in [9.17, 15) is 20.0 Å². The van der Waals surface area contributed by atoms with Gasteiger partial charge in [-0.15, -0.1) is 0 Å². The zero-order chi connectivity index (χ0) is 15.9. The number of hydrogen-bond donors (Lipinski definition) is 1. The first kappa shape index (κ1) is 14.1. The number of allylic oxidation sites excluding steroid dienone is 1. The molecular formula is C15H8ClNO5. The number of hydrogen-bond acceptors (Lipinski definition) is 5.